The van der Waals surface area contributed by atoms with Crippen LogP contribution in [0.5, 0.6) is 0 Å². The van der Waals surface area contributed by atoms with Gasteiger partial charge in [0.25, 0.3) is 0 Å². The minimum Gasteiger partial charge on any atom is -0.382 e. The molecule has 0 aliphatic carbocycles. The van der Waals surface area contributed by atoms with Crippen LogP contribution in [0, 0.1) is 0 Å². The largest absolute Gasteiger partial charge is 0.382 e. The minimum atomic E-state index is -0.501. The lowest BCUT2D eigenvalue weighted by molar-refractivity contribution is -0.312. The topological polar surface area (TPSA) is 55.4 Å². The molecule has 0 unspecified atom stereocenters. The first kappa shape index (κ1) is 17.3. The van der Waals surface area contributed by atoms with Gasteiger partial charge in [0.15, 0.2) is 6.29 Å². The molecule has 0 N–H and O–H groups in total. The average Bonchev–Trinajstić information content (AvgIpc) is 2.44. The Morgan fingerprint density at radius 1 is 0.947 bits per heavy atom. The third-order valence-corrected chi connectivity index (χ3v) is 3.42. The van der Waals surface area contributed by atoms with Crippen molar-refractivity contribution in [1.82, 2.24) is 0 Å². The van der Waals surface area contributed by atoms with Gasteiger partial charge in [0.2, 0.25) is 0 Å². The summed E-state index contributed by atoms with van der Waals surface area (Å²) < 4.78 is 33.1. The van der Waals surface area contributed by atoms with Gasteiger partial charge >= 0.3 is 0 Å². The van der Waals surface area contributed by atoms with Gasteiger partial charge in [0.05, 0.1) is 13.2 Å². The van der Waals surface area contributed by atoms with Crippen LogP contribution >= 0.6 is 15.9 Å². The fraction of sp³-hybridized carbons (Fsp3) is 1.00. The third-order valence-electron chi connectivity index (χ3n) is 3.10. The van der Waals surface area contributed by atoms with Crippen molar-refractivity contribution < 1.29 is 28.4 Å². The Labute approximate surface area is 122 Å². The first-order chi connectivity index (χ1) is 9.23. The number of methoxy groups -OCH3 is 4. The summed E-state index contributed by atoms with van der Waals surface area (Å²) in [6, 6.07) is 0. The molecule has 0 bridgehead atoms. The van der Waals surface area contributed by atoms with Crippen LogP contribution in [0.15, 0.2) is 0 Å². The van der Waals surface area contributed by atoms with Gasteiger partial charge in [-0.25, -0.2) is 0 Å². The second-order valence-corrected chi connectivity index (χ2v) is 4.95. The molecular weight excluding hydrogens is 320 g/mol. The van der Waals surface area contributed by atoms with E-state index in [1.807, 2.05) is 0 Å². The summed E-state index contributed by atoms with van der Waals surface area (Å²) in [6.45, 7) is 0.932. The summed E-state index contributed by atoms with van der Waals surface area (Å²) in [4.78, 5) is 0. The highest BCUT2D eigenvalue weighted by atomic mass is 79.9. The van der Waals surface area contributed by atoms with Crippen molar-refractivity contribution in [2.75, 3.05) is 47.0 Å². The number of ether oxygens (including phenoxy) is 6. The zero-order valence-corrected chi connectivity index (χ0v) is 13.4. The lowest BCUT2D eigenvalue weighted by atomic mass is 9.98. The van der Waals surface area contributed by atoms with Crippen LogP contribution in [0.2, 0.25) is 0 Å². The fourth-order valence-corrected chi connectivity index (χ4v) is 2.46. The summed E-state index contributed by atoms with van der Waals surface area (Å²) in [5, 5.41) is 0.726. The quantitative estimate of drug-likeness (QED) is 0.608. The zero-order chi connectivity index (χ0) is 14.3. The molecule has 0 aromatic heterocycles. The molecule has 1 aliphatic rings. The predicted octanol–water partition coefficient (Wildman–Crippen LogP) is 0.814. The van der Waals surface area contributed by atoms with E-state index in [1.165, 1.54) is 0 Å². The van der Waals surface area contributed by atoms with Gasteiger partial charge in [-0.3, -0.25) is 0 Å². The molecule has 7 heteroatoms. The van der Waals surface area contributed by atoms with Gasteiger partial charge in [0, 0.05) is 33.8 Å². The van der Waals surface area contributed by atoms with Crippen molar-refractivity contribution >= 4 is 15.9 Å². The zero-order valence-electron chi connectivity index (χ0n) is 11.8. The molecule has 0 aromatic carbocycles. The van der Waals surface area contributed by atoms with Gasteiger partial charge in [0.1, 0.15) is 24.4 Å². The Bertz CT molecular complexity index is 242. The Morgan fingerprint density at radius 2 is 1.58 bits per heavy atom. The van der Waals surface area contributed by atoms with Crippen LogP contribution in [0.25, 0.3) is 0 Å². The van der Waals surface area contributed by atoms with E-state index in [2.05, 4.69) is 15.9 Å². The monoisotopic (exact) mass is 342 g/mol. The highest BCUT2D eigenvalue weighted by Crippen LogP contribution is 2.28. The van der Waals surface area contributed by atoms with Crippen LogP contribution in [0.3, 0.4) is 0 Å². The maximum atomic E-state index is 5.87. The smallest absolute Gasteiger partial charge is 0.186 e. The number of hydrogen-bond acceptors (Lipinski definition) is 6. The molecule has 1 fully saturated rings. The molecular formula is C12H23BrO6. The summed E-state index contributed by atoms with van der Waals surface area (Å²) in [7, 11) is 6.47. The van der Waals surface area contributed by atoms with Crippen molar-refractivity contribution in [1.29, 1.82) is 0 Å². The fourth-order valence-electron chi connectivity index (χ4n) is 2.27. The molecule has 6 nitrogen and oxygen atoms in total. The molecule has 114 valence electrons. The van der Waals surface area contributed by atoms with Crippen molar-refractivity contribution in [3.05, 3.63) is 0 Å². The van der Waals surface area contributed by atoms with Crippen molar-refractivity contribution in [2.24, 2.45) is 0 Å². The van der Waals surface area contributed by atoms with Crippen LogP contribution in [-0.2, 0) is 28.4 Å². The number of rotatable bonds is 8. The number of hydrogen-bond donors (Lipinski definition) is 0. The molecule has 1 saturated heterocycles. The molecule has 19 heavy (non-hydrogen) atoms. The summed E-state index contributed by atoms with van der Waals surface area (Å²) in [5.74, 6) is 0. The van der Waals surface area contributed by atoms with E-state index in [0.717, 1.165) is 5.33 Å². The molecule has 1 heterocycles. The van der Waals surface area contributed by atoms with Crippen molar-refractivity contribution in [2.45, 2.75) is 30.7 Å². The molecule has 0 aromatic rings. The summed E-state index contributed by atoms with van der Waals surface area (Å²) in [5.41, 5.74) is 0. The van der Waals surface area contributed by atoms with Crippen LogP contribution in [0.1, 0.15) is 0 Å². The first-order valence-electron chi connectivity index (χ1n) is 6.13. The van der Waals surface area contributed by atoms with E-state index in [-0.39, 0.29) is 24.4 Å². The van der Waals surface area contributed by atoms with Crippen LogP contribution < -0.4 is 0 Å². The molecule has 5 atom stereocenters. The molecule has 1 aliphatic heterocycles. The van der Waals surface area contributed by atoms with Gasteiger partial charge in [-0.1, -0.05) is 15.9 Å². The Balaban J connectivity index is 2.82. The van der Waals surface area contributed by atoms with Gasteiger partial charge in [-0.15, -0.1) is 0 Å². The average molecular weight is 343 g/mol. The Kier molecular flexibility index (Phi) is 8.40. The van der Waals surface area contributed by atoms with E-state index in [9.17, 15) is 0 Å². The predicted molar refractivity (Wildman–Crippen MR) is 72.7 cm³/mol. The highest BCUT2D eigenvalue weighted by molar-refractivity contribution is 9.09. The maximum absolute atomic E-state index is 5.87. The van der Waals surface area contributed by atoms with E-state index in [0.29, 0.717) is 13.2 Å². The van der Waals surface area contributed by atoms with Gasteiger partial charge in [-0.2, -0.15) is 0 Å². The Hall–Kier alpha value is 0.240. The van der Waals surface area contributed by atoms with E-state index in [1.54, 1.807) is 28.4 Å². The lowest BCUT2D eigenvalue weighted by Crippen LogP contribution is -2.61. The number of halogens is 1. The molecule has 0 saturated carbocycles. The third kappa shape index (κ3) is 4.35. The van der Waals surface area contributed by atoms with Crippen LogP contribution in [0.4, 0.5) is 0 Å². The molecule has 0 spiro atoms. The second kappa shape index (κ2) is 9.23. The highest BCUT2D eigenvalue weighted by Gasteiger charge is 2.47. The number of alkyl halides is 1. The second-order valence-electron chi connectivity index (χ2n) is 4.16. The van der Waals surface area contributed by atoms with Gasteiger partial charge in [-0.05, 0) is 0 Å². The van der Waals surface area contributed by atoms with Crippen LogP contribution in [-0.4, -0.2) is 77.7 Å². The SMILES string of the molecule is COC[C@H]1O[C@@H](OCCBr)[C@H](OC)[C@@H](OC)[C@@H]1OC. The Morgan fingerprint density at radius 3 is 2.05 bits per heavy atom. The maximum Gasteiger partial charge on any atom is 0.186 e. The van der Waals surface area contributed by atoms with Crippen molar-refractivity contribution in [3.8, 4) is 0 Å². The van der Waals surface area contributed by atoms with E-state index >= 15 is 0 Å². The first-order valence-corrected chi connectivity index (χ1v) is 7.25. The normalized spacial score (nSPS) is 35.5. The lowest BCUT2D eigenvalue weighted by Gasteiger charge is -2.44. The standard InChI is InChI=1S/C12H23BrO6/c1-14-7-8-9(15-2)10(16-3)11(17-4)12(19-8)18-6-5-13/h8-12H,5-7H2,1-4H3/t8-,9-,10+,11-,12-/m1/s1. The summed E-state index contributed by atoms with van der Waals surface area (Å²) >= 11 is 3.32. The molecule has 0 radical (unpaired) electrons. The van der Waals surface area contributed by atoms with Crippen molar-refractivity contribution in [3.63, 3.8) is 0 Å². The van der Waals surface area contributed by atoms with E-state index < -0.39 is 6.29 Å². The van der Waals surface area contributed by atoms with E-state index in [4.69, 9.17) is 28.4 Å². The minimum absolute atomic E-state index is 0.258. The van der Waals surface area contributed by atoms with Gasteiger partial charge < -0.3 is 28.4 Å². The molecule has 0 amide bonds. The summed E-state index contributed by atoms with van der Waals surface area (Å²) in [6.07, 6.45) is -1.64. The molecule has 1 rings (SSSR count).